The fraction of sp³-hybridized carbons (Fsp3) is 0.647. The number of phenols is 1. The number of piperidine rings is 1. The van der Waals surface area contributed by atoms with E-state index in [4.69, 9.17) is 4.74 Å². The van der Waals surface area contributed by atoms with Gasteiger partial charge >= 0.3 is 0 Å². The number of phenolic OH excluding ortho intramolecular Hbond substituents is 1. The molecule has 23 heavy (non-hydrogen) atoms. The highest BCUT2D eigenvalue weighted by molar-refractivity contribution is 5.62. The summed E-state index contributed by atoms with van der Waals surface area (Å²) in [5, 5.41) is 25.3. The van der Waals surface area contributed by atoms with Gasteiger partial charge in [0.1, 0.15) is 12.1 Å². The van der Waals surface area contributed by atoms with Crippen molar-refractivity contribution in [3.63, 3.8) is 0 Å². The minimum atomic E-state index is -0.933. The van der Waals surface area contributed by atoms with Crippen LogP contribution in [0.5, 0.6) is 11.5 Å². The largest absolute Gasteiger partial charge is 0.504 e. The molecule has 122 valence electrons. The first kappa shape index (κ1) is 13.7. The lowest BCUT2D eigenvalue weighted by Gasteiger charge is -2.63. The molecule has 5 atom stereocenters. The Morgan fingerprint density at radius 1 is 1.39 bits per heavy atom. The first-order valence-electron chi connectivity index (χ1n) is 8.30. The molecule has 2 fully saturated rings. The lowest BCUT2D eigenvalue weighted by molar-refractivity contribution is -0.184. The molecule has 2 bridgehead atoms. The molecule has 6 nitrogen and oxygen atoms in total. The molecule has 1 saturated heterocycles. The van der Waals surface area contributed by atoms with Gasteiger partial charge in [-0.05, 0) is 50.9 Å². The van der Waals surface area contributed by atoms with Crippen LogP contribution >= 0.6 is 0 Å². The summed E-state index contributed by atoms with van der Waals surface area (Å²) in [6, 6.07) is 3.13. The van der Waals surface area contributed by atoms with E-state index in [1.807, 2.05) is 6.07 Å². The fourth-order valence-corrected chi connectivity index (χ4v) is 5.83. The van der Waals surface area contributed by atoms with Crippen LogP contribution in [0.2, 0.25) is 0 Å². The summed E-state index contributed by atoms with van der Waals surface area (Å²) in [5.74, 6) is 0.557. The lowest BCUT2D eigenvalue weighted by atomic mass is 9.48. The van der Waals surface area contributed by atoms with Crippen molar-refractivity contribution in [1.82, 2.24) is 4.90 Å². The Morgan fingerprint density at radius 3 is 3.00 bits per heavy atom. The van der Waals surface area contributed by atoms with E-state index in [-0.39, 0.29) is 11.8 Å². The third-order valence-corrected chi connectivity index (χ3v) is 6.83. The molecule has 4 aliphatic rings. The fourth-order valence-electron chi connectivity index (χ4n) is 5.83. The molecule has 5 rings (SSSR count). The number of nitroso groups, excluding NO2 is 1. The molecule has 1 spiro atoms. The maximum Gasteiger partial charge on any atom is 0.165 e. The number of hydrogen-bond acceptors (Lipinski definition) is 6. The highest BCUT2D eigenvalue weighted by atomic mass is 16.5. The third-order valence-electron chi connectivity index (χ3n) is 6.83. The smallest absolute Gasteiger partial charge is 0.165 e. The lowest BCUT2D eigenvalue weighted by Crippen LogP contribution is -2.76. The Kier molecular flexibility index (Phi) is 2.42. The Bertz CT molecular complexity index is 723. The van der Waals surface area contributed by atoms with Gasteiger partial charge < -0.3 is 19.8 Å². The molecule has 1 aromatic carbocycles. The van der Waals surface area contributed by atoms with Crippen LogP contribution in [-0.2, 0) is 11.8 Å². The monoisotopic (exact) mass is 316 g/mol. The topological polar surface area (TPSA) is 82.4 Å². The van der Waals surface area contributed by atoms with Crippen molar-refractivity contribution in [1.29, 1.82) is 0 Å². The van der Waals surface area contributed by atoms with Gasteiger partial charge in [0, 0.05) is 11.6 Å². The Morgan fingerprint density at radius 2 is 2.22 bits per heavy atom. The SMILES string of the molecule is CN1CC[C@]23c4c5ccc(O)c4OC2C(N=O)CC[C@@]3(O)[C@H]1C5. The second-order valence-corrected chi connectivity index (χ2v) is 7.54. The predicted molar refractivity (Wildman–Crippen MR) is 82.7 cm³/mol. The van der Waals surface area contributed by atoms with Crippen molar-refractivity contribution in [3.05, 3.63) is 28.2 Å². The van der Waals surface area contributed by atoms with Crippen LogP contribution in [0.1, 0.15) is 30.4 Å². The number of likely N-dealkylation sites (N-methyl/N-ethyl adjacent to an activating group) is 1. The zero-order valence-electron chi connectivity index (χ0n) is 13.0. The van der Waals surface area contributed by atoms with Gasteiger partial charge in [-0.25, -0.2) is 0 Å². The number of rotatable bonds is 1. The van der Waals surface area contributed by atoms with E-state index in [9.17, 15) is 15.1 Å². The number of aliphatic hydroxyl groups is 1. The van der Waals surface area contributed by atoms with Crippen molar-refractivity contribution >= 4 is 0 Å². The van der Waals surface area contributed by atoms with Gasteiger partial charge in [0.15, 0.2) is 11.5 Å². The van der Waals surface area contributed by atoms with E-state index in [0.717, 1.165) is 30.5 Å². The van der Waals surface area contributed by atoms with Crippen LogP contribution in [0, 0.1) is 4.91 Å². The second-order valence-electron chi connectivity index (χ2n) is 7.54. The average Bonchev–Trinajstić information content (AvgIpc) is 2.89. The molecule has 1 saturated carbocycles. The maximum atomic E-state index is 11.7. The first-order valence-corrected chi connectivity index (χ1v) is 8.30. The van der Waals surface area contributed by atoms with Gasteiger partial charge in [-0.1, -0.05) is 11.2 Å². The minimum absolute atomic E-state index is 0.0120. The minimum Gasteiger partial charge on any atom is -0.504 e. The number of aromatic hydroxyl groups is 1. The summed E-state index contributed by atoms with van der Waals surface area (Å²) in [5.41, 5.74) is 0.497. The summed E-state index contributed by atoms with van der Waals surface area (Å²) in [4.78, 5) is 13.6. The molecule has 0 aromatic heterocycles. The second kappa shape index (κ2) is 4.05. The number of benzene rings is 1. The van der Waals surface area contributed by atoms with Crippen LogP contribution in [0.25, 0.3) is 0 Å². The Hall–Kier alpha value is -1.66. The number of hydrogen-bond donors (Lipinski definition) is 2. The van der Waals surface area contributed by atoms with Gasteiger partial charge in [-0.15, -0.1) is 0 Å². The van der Waals surface area contributed by atoms with Gasteiger partial charge in [0.05, 0.1) is 11.0 Å². The van der Waals surface area contributed by atoms with E-state index in [1.165, 1.54) is 0 Å². The number of ether oxygens (including phenoxy) is 1. The first-order chi connectivity index (χ1) is 11.0. The molecule has 0 radical (unpaired) electrons. The quantitative estimate of drug-likeness (QED) is 0.764. The molecule has 2 heterocycles. The van der Waals surface area contributed by atoms with Crippen LogP contribution in [0.15, 0.2) is 17.3 Å². The van der Waals surface area contributed by atoms with E-state index >= 15 is 0 Å². The van der Waals surface area contributed by atoms with E-state index < -0.39 is 23.2 Å². The third kappa shape index (κ3) is 1.31. The van der Waals surface area contributed by atoms with Crippen molar-refractivity contribution < 1.29 is 14.9 Å². The molecular formula is C17H20N2O4. The summed E-state index contributed by atoms with van der Waals surface area (Å²) in [6.07, 6.45) is 2.06. The molecule has 6 heteroatoms. The molecule has 2 aliphatic carbocycles. The van der Waals surface area contributed by atoms with Crippen molar-refractivity contribution in [2.75, 3.05) is 13.6 Å². The van der Waals surface area contributed by atoms with E-state index in [2.05, 4.69) is 17.1 Å². The molecule has 2 unspecified atom stereocenters. The molecule has 1 aromatic rings. The van der Waals surface area contributed by atoms with Crippen LogP contribution in [0.3, 0.4) is 0 Å². The van der Waals surface area contributed by atoms with Crippen LogP contribution < -0.4 is 4.74 Å². The standard InChI is InChI=1S/C17H20N2O4/c1-19-7-6-16-13-9-2-3-11(20)14(13)23-15(16)10(18-22)4-5-17(16,21)12(19)8-9/h2-3,10,12,15,20-21H,4-8H2,1H3/t10?,12-,15?,16+,17-/m1/s1. The zero-order valence-corrected chi connectivity index (χ0v) is 13.0. The van der Waals surface area contributed by atoms with Gasteiger partial charge in [0.2, 0.25) is 0 Å². The Labute approximate surface area is 134 Å². The highest BCUT2D eigenvalue weighted by Gasteiger charge is 2.72. The maximum absolute atomic E-state index is 11.7. The summed E-state index contributed by atoms with van der Waals surface area (Å²) in [7, 11) is 2.05. The van der Waals surface area contributed by atoms with Crippen LogP contribution in [0.4, 0.5) is 0 Å². The Balaban J connectivity index is 1.84. The van der Waals surface area contributed by atoms with Crippen molar-refractivity contribution in [3.8, 4) is 11.5 Å². The summed E-state index contributed by atoms with van der Waals surface area (Å²) >= 11 is 0. The van der Waals surface area contributed by atoms with Gasteiger partial charge in [0.25, 0.3) is 0 Å². The molecule has 2 N–H and O–H groups in total. The van der Waals surface area contributed by atoms with Crippen molar-refractivity contribution in [2.24, 2.45) is 5.18 Å². The molecule has 2 aliphatic heterocycles. The highest BCUT2D eigenvalue weighted by Crippen LogP contribution is 2.65. The summed E-state index contributed by atoms with van der Waals surface area (Å²) < 4.78 is 6.09. The average molecular weight is 316 g/mol. The normalized spacial score (nSPS) is 43.7. The van der Waals surface area contributed by atoms with Gasteiger partial charge in [-0.3, -0.25) is 0 Å². The van der Waals surface area contributed by atoms with E-state index in [0.29, 0.717) is 18.6 Å². The van der Waals surface area contributed by atoms with E-state index in [1.54, 1.807) is 6.07 Å². The predicted octanol–water partition coefficient (Wildman–Crippen LogP) is 1.31. The number of likely N-dealkylation sites (tertiary alicyclic amines) is 1. The zero-order chi connectivity index (χ0) is 16.0. The molecule has 0 amide bonds. The van der Waals surface area contributed by atoms with Gasteiger partial charge in [-0.2, -0.15) is 4.91 Å². The number of nitrogens with zero attached hydrogens (tertiary/aromatic N) is 2. The molecular weight excluding hydrogens is 296 g/mol. The van der Waals surface area contributed by atoms with Crippen molar-refractivity contribution in [2.45, 2.75) is 54.9 Å². The summed E-state index contributed by atoms with van der Waals surface area (Å²) in [6.45, 7) is 0.840. The van der Waals surface area contributed by atoms with Crippen LogP contribution in [-0.4, -0.2) is 52.5 Å².